The normalized spacial score (nSPS) is 17.2. The number of anilines is 1. The molecule has 7 heteroatoms. The van der Waals surface area contributed by atoms with E-state index in [1.807, 2.05) is 13.0 Å². The van der Waals surface area contributed by atoms with Crippen molar-refractivity contribution < 1.29 is 4.42 Å². The smallest absolute Gasteiger partial charge is 0.388 e. The van der Waals surface area contributed by atoms with Crippen molar-refractivity contribution in [1.82, 2.24) is 15.5 Å². The molecule has 1 saturated heterocycles. The van der Waals surface area contributed by atoms with Crippen LogP contribution < -0.4 is 16.4 Å². The van der Waals surface area contributed by atoms with Crippen LogP contribution in [0.3, 0.4) is 0 Å². The van der Waals surface area contributed by atoms with Gasteiger partial charge in [-0.3, -0.25) is 0 Å². The van der Waals surface area contributed by atoms with Crippen LogP contribution in [0, 0.1) is 12.8 Å². The monoisotopic (exact) mass is 336 g/mol. The lowest BCUT2D eigenvalue weighted by atomic mass is 9.91. The van der Waals surface area contributed by atoms with Crippen LogP contribution in [0.4, 0.5) is 5.69 Å². The fraction of sp³-hybridized carbons (Fsp3) is 0.500. The van der Waals surface area contributed by atoms with Gasteiger partial charge >= 0.3 is 5.76 Å². The number of aromatic nitrogens is 2. The maximum atomic E-state index is 11.1. The number of nitrogens with one attached hydrogen (secondary N) is 3. The molecule has 3 N–H and O–H groups in total. The van der Waals surface area contributed by atoms with Crippen molar-refractivity contribution in [3.8, 4) is 11.5 Å². The Kier molecular flexibility index (Phi) is 4.73. The fourth-order valence-corrected chi connectivity index (χ4v) is 3.23. The molecule has 0 amide bonds. The third kappa shape index (κ3) is 3.59. The third-order valence-electron chi connectivity index (χ3n) is 4.50. The second-order valence-corrected chi connectivity index (χ2v) is 6.48. The highest BCUT2D eigenvalue weighted by atomic mass is 35.5. The van der Waals surface area contributed by atoms with E-state index >= 15 is 0 Å². The molecule has 0 aliphatic carbocycles. The minimum atomic E-state index is -0.575. The van der Waals surface area contributed by atoms with Crippen molar-refractivity contribution >= 4 is 17.3 Å². The van der Waals surface area contributed by atoms with Crippen LogP contribution >= 0.6 is 11.6 Å². The van der Waals surface area contributed by atoms with E-state index in [4.69, 9.17) is 16.0 Å². The van der Waals surface area contributed by atoms with Crippen LogP contribution in [-0.2, 0) is 0 Å². The average Bonchev–Trinajstić information content (AvgIpc) is 2.99. The zero-order valence-electron chi connectivity index (χ0n) is 13.3. The van der Waals surface area contributed by atoms with Gasteiger partial charge in [-0.15, -0.1) is 5.10 Å². The van der Waals surface area contributed by atoms with Gasteiger partial charge in [0.05, 0.1) is 0 Å². The minimum Gasteiger partial charge on any atom is -0.388 e. The number of halogens is 1. The molecule has 124 valence electrons. The molecule has 3 rings (SSSR count). The van der Waals surface area contributed by atoms with Crippen molar-refractivity contribution in [2.45, 2.75) is 32.7 Å². The van der Waals surface area contributed by atoms with Crippen LogP contribution in [0.5, 0.6) is 0 Å². The van der Waals surface area contributed by atoms with Crippen molar-refractivity contribution in [3.63, 3.8) is 0 Å². The van der Waals surface area contributed by atoms with Gasteiger partial charge in [-0.25, -0.2) is 9.89 Å². The Labute approximate surface area is 139 Å². The predicted octanol–water partition coefficient (Wildman–Crippen LogP) is 2.79. The van der Waals surface area contributed by atoms with E-state index < -0.39 is 5.76 Å². The molecule has 1 aromatic carbocycles. The minimum absolute atomic E-state index is 0.245. The average molecular weight is 337 g/mol. The van der Waals surface area contributed by atoms with Gasteiger partial charge in [0, 0.05) is 22.3 Å². The first-order valence-corrected chi connectivity index (χ1v) is 8.25. The predicted molar refractivity (Wildman–Crippen MR) is 91.0 cm³/mol. The Morgan fingerprint density at radius 3 is 2.78 bits per heavy atom. The molecule has 0 bridgehead atoms. The number of hydrogen-bond donors (Lipinski definition) is 3. The SMILES string of the molecule is Cc1c(Cl)cc(-c2n[nH]c(=O)o2)cc1NC(C)C1CCNCC1. The maximum Gasteiger partial charge on any atom is 0.434 e. The molecule has 2 heterocycles. The number of rotatable bonds is 4. The Hall–Kier alpha value is -1.79. The highest BCUT2D eigenvalue weighted by Gasteiger charge is 2.21. The second kappa shape index (κ2) is 6.76. The summed E-state index contributed by atoms with van der Waals surface area (Å²) in [7, 11) is 0. The summed E-state index contributed by atoms with van der Waals surface area (Å²) in [4.78, 5) is 11.1. The van der Waals surface area contributed by atoms with E-state index in [0.29, 0.717) is 22.5 Å². The van der Waals surface area contributed by atoms with Crippen molar-refractivity contribution in [2.75, 3.05) is 18.4 Å². The van der Waals surface area contributed by atoms with Crippen LogP contribution in [0.15, 0.2) is 21.3 Å². The number of hydrogen-bond acceptors (Lipinski definition) is 5. The Morgan fingerprint density at radius 2 is 2.13 bits per heavy atom. The van der Waals surface area contributed by atoms with E-state index in [9.17, 15) is 4.79 Å². The molecule has 1 aromatic heterocycles. The highest BCUT2D eigenvalue weighted by molar-refractivity contribution is 6.32. The molecule has 2 aromatic rings. The lowest BCUT2D eigenvalue weighted by Crippen LogP contribution is -2.36. The summed E-state index contributed by atoms with van der Waals surface area (Å²) in [6.07, 6.45) is 2.32. The molecule has 1 fully saturated rings. The summed E-state index contributed by atoms with van der Waals surface area (Å²) >= 11 is 6.34. The van der Waals surface area contributed by atoms with E-state index in [-0.39, 0.29) is 5.89 Å². The van der Waals surface area contributed by atoms with Crippen molar-refractivity contribution in [2.24, 2.45) is 5.92 Å². The first kappa shape index (κ1) is 16.1. The summed E-state index contributed by atoms with van der Waals surface area (Å²) in [5.74, 6) is 0.296. The summed E-state index contributed by atoms with van der Waals surface area (Å²) in [6.45, 7) is 6.30. The van der Waals surface area contributed by atoms with E-state index in [1.165, 1.54) is 0 Å². The van der Waals surface area contributed by atoms with Crippen molar-refractivity contribution in [1.29, 1.82) is 0 Å². The van der Waals surface area contributed by atoms with Crippen LogP contribution in [0.2, 0.25) is 5.02 Å². The lowest BCUT2D eigenvalue weighted by Gasteiger charge is -2.30. The van der Waals surface area contributed by atoms with E-state index in [2.05, 4.69) is 27.8 Å². The molecule has 0 radical (unpaired) electrons. The first-order chi connectivity index (χ1) is 11.0. The Balaban J connectivity index is 1.85. The molecular weight excluding hydrogens is 316 g/mol. The van der Waals surface area contributed by atoms with Gasteiger partial charge in [0.15, 0.2) is 0 Å². The molecule has 23 heavy (non-hydrogen) atoms. The van der Waals surface area contributed by atoms with E-state index in [0.717, 1.165) is 37.2 Å². The standard InChI is InChI=1S/C16H21ClN4O2/c1-9-13(17)7-12(15-20-21-16(22)23-15)8-14(9)19-10(2)11-3-5-18-6-4-11/h7-8,10-11,18-19H,3-6H2,1-2H3,(H,21,22). The van der Waals surface area contributed by atoms with Crippen LogP contribution in [0.1, 0.15) is 25.3 Å². The zero-order chi connectivity index (χ0) is 16.4. The molecule has 1 atom stereocenters. The zero-order valence-corrected chi connectivity index (χ0v) is 14.0. The number of piperidine rings is 1. The molecule has 1 unspecified atom stereocenters. The number of benzene rings is 1. The number of H-pyrrole nitrogens is 1. The van der Waals surface area contributed by atoms with E-state index in [1.54, 1.807) is 6.07 Å². The first-order valence-electron chi connectivity index (χ1n) is 7.88. The van der Waals surface area contributed by atoms with Crippen molar-refractivity contribution in [3.05, 3.63) is 33.3 Å². The fourth-order valence-electron chi connectivity index (χ4n) is 3.01. The maximum absolute atomic E-state index is 11.1. The number of aromatic amines is 1. The molecule has 1 aliphatic rings. The summed E-state index contributed by atoms with van der Waals surface area (Å²) < 4.78 is 5.02. The summed E-state index contributed by atoms with van der Waals surface area (Å²) in [5.41, 5.74) is 2.61. The molecule has 0 spiro atoms. The quantitative estimate of drug-likeness (QED) is 0.799. The van der Waals surface area contributed by atoms with Gasteiger partial charge in [-0.1, -0.05) is 11.6 Å². The van der Waals surface area contributed by atoms with Gasteiger partial charge in [-0.05, 0) is 63.4 Å². The lowest BCUT2D eigenvalue weighted by molar-refractivity contribution is 0.343. The highest BCUT2D eigenvalue weighted by Crippen LogP contribution is 2.31. The largest absolute Gasteiger partial charge is 0.434 e. The molecule has 1 aliphatic heterocycles. The second-order valence-electron chi connectivity index (χ2n) is 6.07. The van der Waals surface area contributed by atoms with Gasteiger partial charge in [-0.2, -0.15) is 0 Å². The third-order valence-corrected chi connectivity index (χ3v) is 4.90. The Morgan fingerprint density at radius 1 is 1.39 bits per heavy atom. The topological polar surface area (TPSA) is 83.0 Å². The molecular formula is C16H21ClN4O2. The van der Waals surface area contributed by atoms with Gasteiger partial charge < -0.3 is 15.1 Å². The van der Waals surface area contributed by atoms with Crippen LogP contribution in [-0.4, -0.2) is 29.3 Å². The number of nitrogens with zero attached hydrogens (tertiary/aromatic N) is 1. The summed E-state index contributed by atoms with van der Waals surface area (Å²) in [5, 5.41) is 13.7. The Bertz CT molecular complexity index is 734. The van der Waals surface area contributed by atoms with Gasteiger partial charge in [0.25, 0.3) is 0 Å². The van der Waals surface area contributed by atoms with Gasteiger partial charge in [0.1, 0.15) is 0 Å². The molecule has 0 saturated carbocycles. The molecule has 6 nitrogen and oxygen atoms in total. The van der Waals surface area contributed by atoms with Gasteiger partial charge in [0.2, 0.25) is 5.89 Å². The summed E-state index contributed by atoms with van der Waals surface area (Å²) in [6, 6.07) is 4.03. The van der Waals surface area contributed by atoms with Crippen LogP contribution in [0.25, 0.3) is 11.5 Å².